The molecule has 1 N–H and O–H groups in total. The molecule has 5 nitrogen and oxygen atoms in total. The molecule has 140 valence electrons. The van der Waals surface area contributed by atoms with Gasteiger partial charge in [0.1, 0.15) is 11.6 Å². The SMILES string of the molecule is O=C(Oc1ccc(C=NNC(=O)C2CCCCC2)cc1)c1ccccc1F. The molecule has 0 spiro atoms. The molecule has 1 saturated carbocycles. The van der Waals surface area contributed by atoms with Crippen molar-refractivity contribution >= 4 is 18.1 Å². The standard InChI is InChI=1S/C21H21FN2O3/c22-19-9-5-4-8-18(19)21(26)27-17-12-10-15(11-13-17)14-23-24-20(25)16-6-2-1-3-7-16/h4-5,8-14,16H,1-3,6-7H2,(H,24,25). The van der Waals surface area contributed by atoms with Crippen LogP contribution in [0.2, 0.25) is 0 Å². The highest BCUT2D eigenvalue weighted by molar-refractivity contribution is 5.91. The minimum Gasteiger partial charge on any atom is -0.423 e. The molecular formula is C21H21FN2O3. The molecule has 2 aromatic rings. The van der Waals surface area contributed by atoms with Crippen LogP contribution in [0.15, 0.2) is 53.6 Å². The number of ether oxygens (including phenoxy) is 1. The van der Waals surface area contributed by atoms with Crippen LogP contribution < -0.4 is 10.2 Å². The van der Waals surface area contributed by atoms with Gasteiger partial charge in [0.05, 0.1) is 11.8 Å². The van der Waals surface area contributed by atoms with E-state index in [0.717, 1.165) is 31.2 Å². The van der Waals surface area contributed by atoms with Gasteiger partial charge >= 0.3 is 5.97 Å². The molecule has 0 heterocycles. The Morgan fingerprint density at radius 3 is 2.44 bits per heavy atom. The number of nitrogens with zero attached hydrogens (tertiary/aromatic N) is 1. The Bertz CT molecular complexity index is 828. The van der Waals surface area contributed by atoms with E-state index in [0.29, 0.717) is 5.75 Å². The van der Waals surface area contributed by atoms with Gasteiger partial charge in [-0.3, -0.25) is 4.79 Å². The Labute approximate surface area is 157 Å². The molecule has 1 aliphatic rings. The highest BCUT2D eigenvalue weighted by Crippen LogP contribution is 2.23. The predicted molar refractivity (Wildman–Crippen MR) is 100 cm³/mol. The maximum atomic E-state index is 13.6. The van der Waals surface area contributed by atoms with Crippen LogP contribution in [0, 0.1) is 11.7 Å². The van der Waals surface area contributed by atoms with Gasteiger partial charge in [-0.2, -0.15) is 5.10 Å². The third-order valence-electron chi connectivity index (χ3n) is 4.55. The second-order valence-corrected chi connectivity index (χ2v) is 6.51. The Morgan fingerprint density at radius 1 is 1.04 bits per heavy atom. The summed E-state index contributed by atoms with van der Waals surface area (Å²) in [6, 6.07) is 12.2. The first-order valence-electron chi connectivity index (χ1n) is 9.03. The van der Waals surface area contributed by atoms with E-state index in [1.165, 1.54) is 30.8 Å². The lowest BCUT2D eigenvalue weighted by molar-refractivity contribution is -0.125. The van der Waals surface area contributed by atoms with Crippen molar-refractivity contribution in [3.05, 3.63) is 65.5 Å². The summed E-state index contributed by atoms with van der Waals surface area (Å²) in [5.41, 5.74) is 3.20. The van der Waals surface area contributed by atoms with Crippen molar-refractivity contribution in [3.63, 3.8) is 0 Å². The summed E-state index contributed by atoms with van der Waals surface area (Å²) >= 11 is 0. The summed E-state index contributed by atoms with van der Waals surface area (Å²) in [5.74, 6) is -1.07. The number of nitrogens with one attached hydrogen (secondary N) is 1. The van der Waals surface area contributed by atoms with Crippen LogP contribution in [0.1, 0.15) is 48.0 Å². The lowest BCUT2D eigenvalue weighted by atomic mass is 9.89. The van der Waals surface area contributed by atoms with Gasteiger partial charge in [0, 0.05) is 5.92 Å². The molecule has 2 aromatic carbocycles. The van der Waals surface area contributed by atoms with E-state index >= 15 is 0 Å². The van der Waals surface area contributed by atoms with Crippen molar-refractivity contribution in [1.82, 2.24) is 5.43 Å². The highest BCUT2D eigenvalue weighted by atomic mass is 19.1. The minimum atomic E-state index is -0.755. The van der Waals surface area contributed by atoms with Crippen LogP contribution >= 0.6 is 0 Å². The molecule has 1 fully saturated rings. The molecule has 0 bridgehead atoms. The van der Waals surface area contributed by atoms with Crippen LogP contribution in [0.3, 0.4) is 0 Å². The summed E-state index contributed by atoms with van der Waals surface area (Å²) in [6.07, 6.45) is 6.75. The molecule has 3 rings (SSSR count). The summed E-state index contributed by atoms with van der Waals surface area (Å²) in [5, 5.41) is 3.98. The van der Waals surface area contributed by atoms with Gasteiger partial charge in [-0.1, -0.05) is 31.4 Å². The highest BCUT2D eigenvalue weighted by Gasteiger charge is 2.20. The quantitative estimate of drug-likeness (QED) is 0.374. The van der Waals surface area contributed by atoms with E-state index in [1.54, 1.807) is 30.3 Å². The monoisotopic (exact) mass is 368 g/mol. The van der Waals surface area contributed by atoms with Crippen molar-refractivity contribution in [3.8, 4) is 5.75 Å². The number of benzene rings is 2. The van der Waals surface area contributed by atoms with Gasteiger partial charge in [-0.25, -0.2) is 14.6 Å². The molecule has 1 aliphatic carbocycles. The van der Waals surface area contributed by atoms with Crippen LogP contribution in [0.5, 0.6) is 5.75 Å². The van der Waals surface area contributed by atoms with E-state index in [9.17, 15) is 14.0 Å². The summed E-state index contributed by atoms with van der Waals surface area (Å²) in [7, 11) is 0. The number of amides is 1. The number of hydrogen-bond acceptors (Lipinski definition) is 4. The zero-order valence-corrected chi connectivity index (χ0v) is 14.9. The smallest absolute Gasteiger partial charge is 0.346 e. The molecule has 27 heavy (non-hydrogen) atoms. The first kappa shape index (κ1) is 18.8. The van der Waals surface area contributed by atoms with Gasteiger partial charge in [0.25, 0.3) is 0 Å². The largest absolute Gasteiger partial charge is 0.423 e. The lowest BCUT2D eigenvalue weighted by Crippen LogP contribution is -2.28. The summed E-state index contributed by atoms with van der Waals surface area (Å²) < 4.78 is 18.8. The molecule has 0 aromatic heterocycles. The number of hydrazone groups is 1. The number of carbonyl (C=O) groups is 2. The Hall–Kier alpha value is -3.02. The Morgan fingerprint density at radius 2 is 1.74 bits per heavy atom. The fraction of sp³-hybridized carbons (Fsp3) is 0.286. The van der Waals surface area contributed by atoms with Crippen LogP contribution in [-0.2, 0) is 4.79 Å². The maximum Gasteiger partial charge on any atom is 0.346 e. The van der Waals surface area contributed by atoms with E-state index in [1.807, 2.05) is 0 Å². The van der Waals surface area contributed by atoms with Gasteiger partial charge in [-0.15, -0.1) is 0 Å². The van der Waals surface area contributed by atoms with Gasteiger partial charge in [0.15, 0.2) is 0 Å². The number of esters is 1. The van der Waals surface area contributed by atoms with Crippen molar-refractivity contribution in [2.75, 3.05) is 0 Å². The Kier molecular flexibility index (Phi) is 6.30. The van der Waals surface area contributed by atoms with Crippen LogP contribution in [0.25, 0.3) is 0 Å². The fourth-order valence-corrected chi connectivity index (χ4v) is 3.04. The average Bonchev–Trinajstić information content (AvgIpc) is 2.70. The molecular weight excluding hydrogens is 347 g/mol. The van der Waals surface area contributed by atoms with E-state index in [-0.39, 0.29) is 17.4 Å². The van der Waals surface area contributed by atoms with Crippen molar-refractivity contribution in [2.24, 2.45) is 11.0 Å². The maximum absolute atomic E-state index is 13.6. The minimum absolute atomic E-state index is 0.0404. The average molecular weight is 368 g/mol. The van der Waals surface area contributed by atoms with Crippen molar-refractivity contribution in [1.29, 1.82) is 0 Å². The van der Waals surface area contributed by atoms with Crippen LogP contribution in [-0.4, -0.2) is 18.1 Å². The fourth-order valence-electron chi connectivity index (χ4n) is 3.04. The van der Waals surface area contributed by atoms with Gasteiger partial charge < -0.3 is 4.74 Å². The predicted octanol–water partition coefficient (Wildman–Crippen LogP) is 4.08. The number of carbonyl (C=O) groups excluding carboxylic acids is 2. The molecule has 0 saturated heterocycles. The second kappa shape index (κ2) is 9.07. The van der Waals surface area contributed by atoms with Crippen LogP contribution in [0.4, 0.5) is 4.39 Å². The molecule has 0 unspecified atom stereocenters. The summed E-state index contributed by atoms with van der Waals surface area (Å²) in [4.78, 5) is 24.0. The molecule has 0 radical (unpaired) electrons. The third-order valence-corrected chi connectivity index (χ3v) is 4.55. The number of hydrogen-bond donors (Lipinski definition) is 1. The normalized spacial score (nSPS) is 14.9. The zero-order chi connectivity index (χ0) is 19.1. The number of halogens is 1. The zero-order valence-electron chi connectivity index (χ0n) is 14.9. The number of rotatable bonds is 5. The van der Waals surface area contributed by atoms with E-state index in [4.69, 9.17) is 4.74 Å². The Balaban J connectivity index is 1.53. The molecule has 1 amide bonds. The van der Waals surface area contributed by atoms with Gasteiger partial charge in [-0.05, 0) is 54.8 Å². The topological polar surface area (TPSA) is 67.8 Å². The first-order chi connectivity index (χ1) is 13.1. The van der Waals surface area contributed by atoms with E-state index < -0.39 is 11.8 Å². The van der Waals surface area contributed by atoms with E-state index in [2.05, 4.69) is 10.5 Å². The third kappa shape index (κ3) is 5.23. The molecule has 6 heteroatoms. The molecule has 0 aliphatic heterocycles. The summed E-state index contributed by atoms with van der Waals surface area (Å²) in [6.45, 7) is 0. The van der Waals surface area contributed by atoms with Crippen molar-refractivity contribution in [2.45, 2.75) is 32.1 Å². The first-order valence-corrected chi connectivity index (χ1v) is 9.03. The molecule has 0 atom stereocenters. The van der Waals surface area contributed by atoms with Gasteiger partial charge in [0.2, 0.25) is 5.91 Å². The second-order valence-electron chi connectivity index (χ2n) is 6.51. The lowest BCUT2D eigenvalue weighted by Gasteiger charge is -2.19. The van der Waals surface area contributed by atoms with Crippen molar-refractivity contribution < 1.29 is 18.7 Å².